The number of nitrogens with zero attached hydrogens (tertiary/aromatic N) is 3. The van der Waals surface area contributed by atoms with Gasteiger partial charge >= 0.3 is 0 Å². The molecule has 8 heteroatoms. The van der Waals surface area contributed by atoms with Gasteiger partial charge in [0.25, 0.3) is 0 Å². The van der Waals surface area contributed by atoms with Gasteiger partial charge in [-0.15, -0.1) is 10.2 Å². The highest BCUT2D eigenvalue weighted by Gasteiger charge is 2.16. The summed E-state index contributed by atoms with van der Waals surface area (Å²) in [4.78, 5) is 12.3. The normalized spacial score (nSPS) is 11.2. The number of thioether (sulfide) groups is 1. The van der Waals surface area contributed by atoms with Crippen molar-refractivity contribution in [2.45, 2.75) is 19.0 Å². The molecule has 0 bridgehead atoms. The van der Waals surface area contributed by atoms with E-state index < -0.39 is 0 Å². The fourth-order valence-corrected chi connectivity index (χ4v) is 4.02. The number of amides is 1. The standard InChI is InChI=1S/C21H19BrN4O2S/c1-12-4-6-16(8-13(12)2)23-19(27)11-29-21-25-24-20(26(21)3)18-10-14-9-15(22)5-7-17(14)28-18/h4-10H,11H2,1-3H3,(H,23,27). The first-order chi connectivity index (χ1) is 13.9. The van der Waals surface area contributed by atoms with Crippen molar-refractivity contribution in [3.8, 4) is 11.6 Å². The van der Waals surface area contributed by atoms with Crippen LogP contribution >= 0.6 is 27.7 Å². The molecule has 0 atom stereocenters. The van der Waals surface area contributed by atoms with Crippen LogP contribution in [-0.4, -0.2) is 26.4 Å². The Labute approximate surface area is 180 Å². The Morgan fingerprint density at radius 2 is 1.97 bits per heavy atom. The minimum atomic E-state index is -0.0867. The molecule has 2 aromatic heterocycles. The van der Waals surface area contributed by atoms with Gasteiger partial charge in [0.15, 0.2) is 16.7 Å². The topological polar surface area (TPSA) is 73.0 Å². The van der Waals surface area contributed by atoms with Crippen LogP contribution in [0, 0.1) is 13.8 Å². The quantitative estimate of drug-likeness (QED) is 0.398. The van der Waals surface area contributed by atoms with Gasteiger partial charge in [-0.3, -0.25) is 4.79 Å². The third kappa shape index (κ3) is 4.23. The molecule has 0 fully saturated rings. The highest BCUT2D eigenvalue weighted by atomic mass is 79.9. The van der Waals surface area contributed by atoms with Crippen LogP contribution in [0.3, 0.4) is 0 Å². The van der Waals surface area contributed by atoms with Crippen molar-refractivity contribution < 1.29 is 9.21 Å². The number of aromatic nitrogens is 3. The number of hydrogen-bond acceptors (Lipinski definition) is 5. The van der Waals surface area contributed by atoms with Crippen LogP contribution in [0.15, 0.2) is 56.5 Å². The number of furan rings is 1. The largest absolute Gasteiger partial charge is 0.453 e. The Morgan fingerprint density at radius 3 is 2.76 bits per heavy atom. The molecule has 1 N–H and O–H groups in total. The lowest BCUT2D eigenvalue weighted by molar-refractivity contribution is -0.113. The predicted octanol–water partition coefficient (Wildman–Crippen LogP) is 5.34. The maximum atomic E-state index is 12.3. The molecule has 6 nitrogen and oxygen atoms in total. The Balaban J connectivity index is 1.45. The van der Waals surface area contributed by atoms with E-state index in [0.717, 1.165) is 26.7 Å². The lowest BCUT2D eigenvalue weighted by atomic mass is 10.1. The van der Waals surface area contributed by atoms with E-state index in [1.807, 2.05) is 67.9 Å². The molecular formula is C21H19BrN4O2S. The summed E-state index contributed by atoms with van der Waals surface area (Å²) in [5.41, 5.74) is 3.92. The monoisotopic (exact) mass is 470 g/mol. The van der Waals surface area contributed by atoms with Gasteiger partial charge in [-0.2, -0.15) is 0 Å². The molecular weight excluding hydrogens is 452 g/mol. The summed E-state index contributed by atoms with van der Waals surface area (Å²) in [6.45, 7) is 4.07. The molecule has 0 aliphatic carbocycles. The average Bonchev–Trinajstić information content (AvgIpc) is 3.25. The van der Waals surface area contributed by atoms with Gasteiger partial charge in [-0.25, -0.2) is 0 Å². The van der Waals surface area contributed by atoms with Gasteiger partial charge in [0.2, 0.25) is 5.91 Å². The molecule has 2 aromatic carbocycles. The first-order valence-electron chi connectivity index (χ1n) is 8.99. The zero-order chi connectivity index (χ0) is 20.5. The number of anilines is 1. The summed E-state index contributed by atoms with van der Waals surface area (Å²) in [6.07, 6.45) is 0. The molecule has 1 amide bonds. The van der Waals surface area contributed by atoms with Gasteiger partial charge in [0.1, 0.15) is 5.58 Å². The molecule has 0 spiro atoms. The summed E-state index contributed by atoms with van der Waals surface area (Å²) in [5.74, 6) is 1.41. The summed E-state index contributed by atoms with van der Waals surface area (Å²) in [6, 6.07) is 13.6. The Hall–Kier alpha value is -2.58. The van der Waals surface area contributed by atoms with Gasteiger partial charge in [-0.05, 0) is 61.4 Å². The second kappa shape index (κ2) is 8.04. The average molecular weight is 471 g/mol. The molecule has 4 aromatic rings. The number of aryl methyl sites for hydroxylation is 2. The number of nitrogens with one attached hydrogen (secondary N) is 1. The number of carbonyl (C=O) groups is 1. The van der Waals surface area contributed by atoms with Crippen LogP contribution in [0.5, 0.6) is 0 Å². The van der Waals surface area contributed by atoms with Crippen molar-refractivity contribution in [3.63, 3.8) is 0 Å². The summed E-state index contributed by atoms with van der Waals surface area (Å²) in [7, 11) is 1.86. The molecule has 0 radical (unpaired) electrons. The van der Waals surface area contributed by atoms with Gasteiger partial charge in [0.05, 0.1) is 5.75 Å². The molecule has 0 unspecified atom stereocenters. The van der Waals surface area contributed by atoms with Gasteiger partial charge in [0, 0.05) is 22.6 Å². The van der Waals surface area contributed by atoms with Crippen LogP contribution in [0.1, 0.15) is 11.1 Å². The number of benzene rings is 2. The maximum Gasteiger partial charge on any atom is 0.234 e. The van der Waals surface area contributed by atoms with E-state index in [4.69, 9.17) is 4.42 Å². The molecule has 0 saturated heterocycles. The van der Waals surface area contributed by atoms with E-state index in [1.54, 1.807) is 0 Å². The van der Waals surface area contributed by atoms with E-state index in [9.17, 15) is 4.79 Å². The Morgan fingerprint density at radius 1 is 1.14 bits per heavy atom. The van der Waals surface area contributed by atoms with Crippen LogP contribution in [0.2, 0.25) is 0 Å². The van der Waals surface area contributed by atoms with Crippen molar-refractivity contribution in [1.82, 2.24) is 14.8 Å². The molecule has 2 heterocycles. The second-order valence-electron chi connectivity index (χ2n) is 6.79. The number of carbonyl (C=O) groups excluding carboxylic acids is 1. The summed E-state index contributed by atoms with van der Waals surface area (Å²) in [5, 5.41) is 13.0. The molecule has 0 aliphatic rings. The first kappa shape index (κ1) is 19.7. The summed E-state index contributed by atoms with van der Waals surface area (Å²) < 4.78 is 8.72. The fourth-order valence-electron chi connectivity index (χ4n) is 2.93. The second-order valence-corrected chi connectivity index (χ2v) is 8.65. The molecule has 0 saturated carbocycles. The lowest BCUT2D eigenvalue weighted by Crippen LogP contribution is -2.14. The van der Waals surface area contributed by atoms with Crippen LogP contribution in [0.25, 0.3) is 22.6 Å². The zero-order valence-electron chi connectivity index (χ0n) is 16.2. The van der Waals surface area contributed by atoms with Gasteiger partial charge < -0.3 is 14.3 Å². The number of hydrogen-bond donors (Lipinski definition) is 1. The highest BCUT2D eigenvalue weighted by molar-refractivity contribution is 9.10. The SMILES string of the molecule is Cc1ccc(NC(=O)CSc2nnc(-c3cc4cc(Br)ccc4o3)n2C)cc1C. The number of rotatable bonds is 5. The van der Waals surface area contributed by atoms with E-state index >= 15 is 0 Å². The van der Waals surface area contributed by atoms with Crippen molar-refractivity contribution in [2.75, 3.05) is 11.1 Å². The van der Waals surface area contributed by atoms with Gasteiger partial charge in [-0.1, -0.05) is 33.8 Å². The molecule has 4 rings (SSSR count). The maximum absolute atomic E-state index is 12.3. The van der Waals surface area contributed by atoms with E-state index in [-0.39, 0.29) is 11.7 Å². The van der Waals surface area contributed by atoms with E-state index in [0.29, 0.717) is 16.7 Å². The minimum absolute atomic E-state index is 0.0867. The lowest BCUT2D eigenvalue weighted by Gasteiger charge is -2.07. The molecule has 29 heavy (non-hydrogen) atoms. The third-order valence-electron chi connectivity index (χ3n) is 4.66. The Kier molecular flexibility index (Phi) is 5.47. The molecule has 0 aliphatic heterocycles. The number of fused-ring (bicyclic) bond motifs is 1. The van der Waals surface area contributed by atoms with E-state index in [2.05, 4.69) is 31.4 Å². The van der Waals surface area contributed by atoms with Crippen molar-refractivity contribution in [2.24, 2.45) is 7.05 Å². The highest BCUT2D eigenvalue weighted by Crippen LogP contribution is 2.30. The third-order valence-corrected chi connectivity index (χ3v) is 6.17. The van der Waals surface area contributed by atoms with Crippen molar-refractivity contribution >= 4 is 50.3 Å². The minimum Gasteiger partial charge on any atom is -0.453 e. The first-order valence-corrected chi connectivity index (χ1v) is 10.8. The van der Waals surface area contributed by atoms with Crippen LogP contribution in [0.4, 0.5) is 5.69 Å². The smallest absolute Gasteiger partial charge is 0.234 e. The predicted molar refractivity (Wildman–Crippen MR) is 119 cm³/mol. The van der Waals surface area contributed by atoms with E-state index in [1.165, 1.54) is 17.3 Å². The van der Waals surface area contributed by atoms with Crippen molar-refractivity contribution in [1.29, 1.82) is 0 Å². The Bertz CT molecular complexity index is 1210. The fraction of sp³-hybridized carbons (Fsp3) is 0.190. The number of halogens is 1. The molecule has 148 valence electrons. The van der Waals surface area contributed by atoms with Crippen LogP contribution < -0.4 is 5.32 Å². The summed E-state index contributed by atoms with van der Waals surface area (Å²) >= 11 is 4.80. The van der Waals surface area contributed by atoms with Crippen LogP contribution in [-0.2, 0) is 11.8 Å². The zero-order valence-corrected chi connectivity index (χ0v) is 18.6. The van der Waals surface area contributed by atoms with Crippen molar-refractivity contribution in [3.05, 3.63) is 58.1 Å².